The van der Waals surface area contributed by atoms with Crippen molar-refractivity contribution < 1.29 is 22.8 Å². The van der Waals surface area contributed by atoms with Crippen LogP contribution in [0.25, 0.3) is 0 Å². The van der Waals surface area contributed by atoms with E-state index >= 15 is 0 Å². The zero-order valence-corrected chi connectivity index (χ0v) is 12.1. The minimum absolute atomic E-state index is 0.0477. The molecule has 1 aliphatic heterocycles. The third-order valence-corrected chi connectivity index (χ3v) is 3.68. The highest BCUT2D eigenvalue weighted by Gasteiger charge is 2.30. The van der Waals surface area contributed by atoms with Crippen LogP contribution in [0.4, 0.5) is 13.2 Å². The first-order chi connectivity index (χ1) is 10.3. The van der Waals surface area contributed by atoms with E-state index in [1.807, 2.05) is 0 Å². The second-order valence-corrected chi connectivity index (χ2v) is 5.35. The topological polar surface area (TPSA) is 49.4 Å². The molecule has 1 fully saturated rings. The Kier molecular flexibility index (Phi) is 4.73. The van der Waals surface area contributed by atoms with E-state index in [9.17, 15) is 22.8 Å². The van der Waals surface area contributed by atoms with Gasteiger partial charge in [0, 0.05) is 31.6 Å². The standard InChI is InChI=1S/C15H17F3N2O2/c1-10(21)20-8-2-3-13(9-20)19-14(22)11-4-6-12(7-5-11)15(16,17)18/h4-7,13H,2-3,8-9H2,1H3,(H,19,22)/t13-/m1/s1. The van der Waals surface area contributed by atoms with E-state index in [0.717, 1.165) is 37.1 Å². The van der Waals surface area contributed by atoms with Crippen molar-refractivity contribution in [3.8, 4) is 0 Å². The fourth-order valence-corrected chi connectivity index (χ4v) is 2.46. The Morgan fingerprint density at radius 2 is 1.86 bits per heavy atom. The number of benzene rings is 1. The SMILES string of the molecule is CC(=O)N1CCC[C@@H](NC(=O)c2ccc(C(F)(F)F)cc2)C1. The summed E-state index contributed by atoms with van der Waals surface area (Å²) in [4.78, 5) is 25.0. The fraction of sp³-hybridized carbons (Fsp3) is 0.467. The highest BCUT2D eigenvalue weighted by atomic mass is 19.4. The maximum absolute atomic E-state index is 12.5. The normalized spacial score (nSPS) is 18.9. The van der Waals surface area contributed by atoms with Crippen LogP contribution in [0.1, 0.15) is 35.7 Å². The third-order valence-electron chi connectivity index (χ3n) is 3.68. The number of hydrogen-bond acceptors (Lipinski definition) is 2. The van der Waals surface area contributed by atoms with E-state index in [2.05, 4.69) is 5.32 Å². The highest BCUT2D eigenvalue weighted by Crippen LogP contribution is 2.29. The molecule has 1 aliphatic rings. The van der Waals surface area contributed by atoms with Crippen LogP contribution in [0.15, 0.2) is 24.3 Å². The molecule has 1 aromatic rings. The van der Waals surface area contributed by atoms with Crippen LogP contribution in [0.2, 0.25) is 0 Å². The van der Waals surface area contributed by atoms with Crippen LogP contribution in [0.3, 0.4) is 0 Å². The number of nitrogens with zero attached hydrogens (tertiary/aromatic N) is 1. The van der Waals surface area contributed by atoms with Gasteiger partial charge in [0.2, 0.25) is 5.91 Å². The first-order valence-corrected chi connectivity index (χ1v) is 7.01. The summed E-state index contributed by atoms with van der Waals surface area (Å²) in [5.74, 6) is -0.474. The Morgan fingerprint density at radius 1 is 1.23 bits per heavy atom. The van der Waals surface area contributed by atoms with Gasteiger partial charge in [0.1, 0.15) is 0 Å². The molecule has 4 nitrogen and oxygen atoms in total. The number of rotatable bonds is 2. The molecule has 7 heteroatoms. The predicted octanol–water partition coefficient (Wildman–Crippen LogP) is 2.45. The summed E-state index contributed by atoms with van der Waals surface area (Å²) in [6.07, 6.45) is -2.88. The average Bonchev–Trinajstić information content (AvgIpc) is 2.46. The van der Waals surface area contributed by atoms with Crippen molar-refractivity contribution in [1.82, 2.24) is 10.2 Å². The second kappa shape index (κ2) is 6.37. The summed E-state index contributed by atoms with van der Waals surface area (Å²) in [6, 6.07) is 3.91. The quantitative estimate of drug-likeness (QED) is 0.911. The molecule has 120 valence electrons. The van der Waals surface area contributed by atoms with Gasteiger partial charge in [-0.15, -0.1) is 0 Å². The third kappa shape index (κ3) is 3.99. The molecule has 0 unspecified atom stereocenters. The summed E-state index contributed by atoms with van der Waals surface area (Å²) in [5.41, 5.74) is -0.614. The van der Waals surface area contributed by atoms with Gasteiger partial charge in [0.25, 0.3) is 5.91 Å². The number of hydrogen-bond donors (Lipinski definition) is 1. The Bertz CT molecular complexity index is 555. The molecule has 22 heavy (non-hydrogen) atoms. The maximum Gasteiger partial charge on any atom is 0.416 e. The van der Waals surface area contributed by atoms with Crippen LogP contribution in [-0.4, -0.2) is 35.8 Å². The minimum atomic E-state index is -4.42. The van der Waals surface area contributed by atoms with Gasteiger partial charge in [0.15, 0.2) is 0 Å². The van der Waals surface area contributed by atoms with Crippen LogP contribution in [0.5, 0.6) is 0 Å². The Labute approximate surface area is 126 Å². The summed E-state index contributed by atoms with van der Waals surface area (Å²) < 4.78 is 37.4. The van der Waals surface area contributed by atoms with Gasteiger partial charge in [-0.1, -0.05) is 0 Å². The van der Waals surface area contributed by atoms with Crippen LogP contribution in [-0.2, 0) is 11.0 Å². The van der Waals surface area contributed by atoms with Crippen LogP contribution < -0.4 is 5.32 Å². The van der Waals surface area contributed by atoms with Gasteiger partial charge in [0.05, 0.1) is 5.56 Å². The van der Waals surface area contributed by atoms with Crippen LogP contribution in [0, 0.1) is 0 Å². The van der Waals surface area contributed by atoms with Gasteiger partial charge in [-0.3, -0.25) is 9.59 Å². The van der Waals surface area contributed by atoms with Crippen molar-refractivity contribution in [1.29, 1.82) is 0 Å². The number of carbonyl (C=O) groups excluding carboxylic acids is 2. The van der Waals surface area contributed by atoms with Gasteiger partial charge in [-0.25, -0.2) is 0 Å². The maximum atomic E-state index is 12.5. The monoisotopic (exact) mass is 314 g/mol. The first kappa shape index (κ1) is 16.3. The molecule has 0 aliphatic carbocycles. The van der Waals surface area contributed by atoms with E-state index in [-0.39, 0.29) is 17.5 Å². The molecule has 0 bridgehead atoms. The van der Waals surface area contributed by atoms with Crippen LogP contribution >= 0.6 is 0 Å². The van der Waals surface area contributed by atoms with Gasteiger partial charge < -0.3 is 10.2 Å². The number of nitrogens with one attached hydrogen (secondary N) is 1. The van der Waals surface area contributed by atoms with Crippen molar-refractivity contribution >= 4 is 11.8 Å². The summed E-state index contributed by atoms with van der Waals surface area (Å²) in [5, 5.41) is 2.76. The lowest BCUT2D eigenvalue weighted by atomic mass is 10.0. The van der Waals surface area contributed by atoms with Gasteiger partial charge in [-0.05, 0) is 37.1 Å². The molecule has 1 heterocycles. The Morgan fingerprint density at radius 3 is 2.41 bits per heavy atom. The molecular weight excluding hydrogens is 297 g/mol. The molecule has 0 aromatic heterocycles. The van der Waals surface area contributed by atoms with Gasteiger partial charge in [-0.2, -0.15) is 13.2 Å². The first-order valence-electron chi connectivity index (χ1n) is 7.01. The number of piperidine rings is 1. The fourth-order valence-electron chi connectivity index (χ4n) is 2.46. The van der Waals surface area contributed by atoms with E-state index in [1.54, 1.807) is 4.90 Å². The summed E-state index contributed by atoms with van der Waals surface area (Å²) in [6.45, 7) is 2.57. The number of alkyl halides is 3. The predicted molar refractivity (Wildman–Crippen MR) is 74.2 cm³/mol. The van der Waals surface area contributed by atoms with Crippen molar-refractivity contribution in [2.75, 3.05) is 13.1 Å². The van der Waals surface area contributed by atoms with E-state index in [1.165, 1.54) is 6.92 Å². The Balaban J connectivity index is 1.98. The molecule has 0 saturated carbocycles. The highest BCUT2D eigenvalue weighted by molar-refractivity contribution is 5.94. The average molecular weight is 314 g/mol. The zero-order valence-electron chi connectivity index (χ0n) is 12.1. The molecule has 1 atom stereocenters. The van der Waals surface area contributed by atoms with E-state index in [0.29, 0.717) is 13.1 Å². The lowest BCUT2D eigenvalue weighted by molar-refractivity contribution is -0.137. The lowest BCUT2D eigenvalue weighted by Crippen LogP contribution is -2.49. The molecule has 2 amide bonds. The number of amides is 2. The number of likely N-dealkylation sites (tertiary alicyclic amines) is 1. The molecule has 0 spiro atoms. The lowest BCUT2D eigenvalue weighted by Gasteiger charge is -2.32. The summed E-state index contributed by atoms with van der Waals surface area (Å²) in [7, 11) is 0. The Hall–Kier alpha value is -2.05. The van der Waals surface area contributed by atoms with E-state index < -0.39 is 17.6 Å². The smallest absolute Gasteiger partial charge is 0.348 e. The molecule has 0 radical (unpaired) electrons. The minimum Gasteiger partial charge on any atom is -0.348 e. The molecule has 1 N–H and O–H groups in total. The van der Waals surface area contributed by atoms with Crippen molar-refractivity contribution in [3.63, 3.8) is 0 Å². The number of carbonyl (C=O) groups is 2. The van der Waals surface area contributed by atoms with Crippen molar-refractivity contribution in [3.05, 3.63) is 35.4 Å². The van der Waals surface area contributed by atoms with Gasteiger partial charge >= 0.3 is 6.18 Å². The van der Waals surface area contributed by atoms with Crippen molar-refractivity contribution in [2.45, 2.75) is 32.0 Å². The van der Waals surface area contributed by atoms with Crippen molar-refractivity contribution in [2.24, 2.45) is 0 Å². The van der Waals surface area contributed by atoms with E-state index in [4.69, 9.17) is 0 Å². The number of halogens is 3. The zero-order chi connectivity index (χ0) is 16.3. The molecule has 2 rings (SSSR count). The summed E-state index contributed by atoms with van der Waals surface area (Å²) >= 11 is 0. The molecule has 1 aromatic carbocycles. The second-order valence-electron chi connectivity index (χ2n) is 5.35. The largest absolute Gasteiger partial charge is 0.416 e. The molecular formula is C15H17F3N2O2. The molecule has 1 saturated heterocycles.